The Morgan fingerprint density at radius 3 is 2.43 bits per heavy atom. The summed E-state index contributed by atoms with van der Waals surface area (Å²) in [6, 6.07) is 18.4. The average molecular weight is 421 g/mol. The minimum atomic E-state index is -0.199. The smallest absolute Gasteiger partial charge is 0.309 e. The van der Waals surface area contributed by atoms with Gasteiger partial charge in [0.15, 0.2) is 5.17 Å². The van der Waals surface area contributed by atoms with Crippen molar-refractivity contribution in [1.82, 2.24) is 4.90 Å². The molecule has 1 amide bonds. The number of esters is 1. The predicted molar refractivity (Wildman–Crippen MR) is 121 cm³/mol. The average Bonchev–Trinajstić information content (AvgIpc) is 3.15. The molecule has 5 nitrogen and oxygen atoms in total. The summed E-state index contributed by atoms with van der Waals surface area (Å²) in [5, 5.41) is 0.731. The molecular weight excluding hydrogens is 396 g/mol. The summed E-state index contributed by atoms with van der Waals surface area (Å²) in [5.74, 6) is -0.370. The molecule has 0 N–H and O–H groups in total. The molecule has 2 aromatic rings. The highest BCUT2D eigenvalue weighted by Crippen LogP contribution is 2.32. The van der Waals surface area contributed by atoms with Crippen LogP contribution in [0.15, 0.2) is 64.5 Å². The van der Waals surface area contributed by atoms with E-state index in [1.54, 1.807) is 0 Å². The fourth-order valence-corrected chi connectivity index (χ4v) is 4.62. The molecule has 0 saturated carbocycles. The zero-order valence-corrected chi connectivity index (χ0v) is 17.7. The summed E-state index contributed by atoms with van der Waals surface area (Å²) in [6.45, 7) is 3.66. The van der Waals surface area contributed by atoms with E-state index in [1.807, 2.05) is 43.3 Å². The molecule has 1 fully saturated rings. The fourth-order valence-electron chi connectivity index (χ4n) is 3.65. The van der Waals surface area contributed by atoms with Crippen molar-refractivity contribution >= 4 is 34.9 Å². The van der Waals surface area contributed by atoms with Crippen LogP contribution in [0.2, 0.25) is 0 Å². The van der Waals surface area contributed by atoms with Crippen LogP contribution in [0, 0.1) is 5.92 Å². The van der Waals surface area contributed by atoms with E-state index in [9.17, 15) is 9.59 Å². The predicted octanol–water partition coefficient (Wildman–Crippen LogP) is 4.60. The van der Waals surface area contributed by atoms with E-state index >= 15 is 0 Å². The lowest BCUT2D eigenvalue weighted by Gasteiger charge is -2.31. The second-order valence-electron chi connectivity index (χ2n) is 7.31. The molecular formula is C24H24N2O3S. The Balaban J connectivity index is 1.38. The third kappa shape index (κ3) is 4.65. The van der Waals surface area contributed by atoms with Gasteiger partial charge >= 0.3 is 5.97 Å². The van der Waals surface area contributed by atoms with E-state index in [4.69, 9.17) is 4.74 Å². The number of ether oxygens (including phenoxy) is 1. The zero-order valence-electron chi connectivity index (χ0n) is 16.9. The molecule has 6 heteroatoms. The molecule has 0 atom stereocenters. The van der Waals surface area contributed by atoms with Gasteiger partial charge in [-0.15, -0.1) is 0 Å². The van der Waals surface area contributed by atoms with Gasteiger partial charge in [-0.3, -0.25) is 9.59 Å². The van der Waals surface area contributed by atoms with Crippen molar-refractivity contribution in [3.8, 4) is 11.1 Å². The first kappa shape index (κ1) is 20.4. The van der Waals surface area contributed by atoms with Gasteiger partial charge < -0.3 is 9.64 Å². The van der Waals surface area contributed by atoms with Gasteiger partial charge in [0.25, 0.3) is 5.91 Å². The topological polar surface area (TPSA) is 59.0 Å². The van der Waals surface area contributed by atoms with E-state index in [-0.39, 0.29) is 17.8 Å². The van der Waals surface area contributed by atoms with Crippen molar-refractivity contribution in [2.24, 2.45) is 10.9 Å². The third-order valence-electron chi connectivity index (χ3n) is 5.31. The van der Waals surface area contributed by atoms with Gasteiger partial charge in [0.1, 0.15) is 0 Å². The number of likely N-dealkylation sites (tertiary alicyclic amines) is 1. The van der Waals surface area contributed by atoms with E-state index in [0.717, 1.165) is 29.1 Å². The molecule has 154 valence electrons. The first-order valence-corrected chi connectivity index (χ1v) is 11.1. The Bertz CT molecular complexity index is 975. The number of aliphatic imine (C=N–C) groups is 1. The van der Waals surface area contributed by atoms with Crippen LogP contribution >= 0.6 is 11.8 Å². The maximum Gasteiger partial charge on any atom is 0.309 e. The fraction of sp³-hybridized carbons (Fsp3) is 0.292. The lowest BCUT2D eigenvalue weighted by atomic mass is 9.97. The van der Waals surface area contributed by atoms with Crippen LogP contribution in [-0.2, 0) is 14.3 Å². The van der Waals surface area contributed by atoms with Crippen molar-refractivity contribution in [1.29, 1.82) is 0 Å². The standard InChI is InChI=1S/C24H24N2O3S/c1-2-29-23(28)20-12-14-26(15-13-20)24-25-22(27)21(30-24)16-17-8-10-19(11-9-17)18-6-4-3-5-7-18/h3-11,16,20H,2,12-15H2,1H3. The Morgan fingerprint density at radius 2 is 1.77 bits per heavy atom. The normalized spacial score (nSPS) is 18.6. The van der Waals surface area contributed by atoms with Gasteiger partial charge in [-0.2, -0.15) is 4.99 Å². The Kier molecular flexibility index (Phi) is 6.33. The number of carbonyl (C=O) groups is 2. The number of amides is 1. The van der Waals surface area contributed by atoms with Gasteiger partial charge in [-0.1, -0.05) is 54.6 Å². The maximum absolute atomic E-state index is 12.4. The third-order valence-corrected chi connectivity index (χ3v) is 6.35. The molecule has 2 aliphatic heterocycles. The van der Waals surface area contributed by atoms with Crippen LogP contribution in [0.4, 0.5) is 0 Å². The van der Waals surface area contributed by atoms with Crippen LogP contribution in [-0.4, -0.2) is 41.6 Å². The van der Waals surface area contributed by atoms with Crippen LogP contribution in [0.25, 0.3) is 17.2 Å². The Hall–Kier alpha value is -2.86. The van der Waals surface area contributed by atoms with Crippen molar-refractivity contribution in [3.63, 3.8) is 0 Å². The summed E-state index contributed by atoms with van der Waals surface area (Å²) in [7, 11) is 0. The van der Waals surface area contributed by atoms with Crippen LogP contribution in [0.3, 0.4) is 0 Å². The molecule has 30 heavy (non-hydrogen) atoms. The molecule has 0 aromatic heterocycles. The minimum absolute atomic E-state index is 0.0537. The molecule has 0 spiro atoms. The first-order chi connectivity index (χ1) is 14.6. The number of rotatable bonds is 4. The number of carbonyl (C=O) groups excluding carboxylic acids is 2. The first-order valence-electron chi connectivity index (χ1n) is 10.2. The summed E-state index contributed by atoms with van der Waals surface area (Å²) in [6.07, 6.45) is 3.35. The maximum atomic E-state index is 12.4. The lowest BCUT2D eigenvalue weighted by Crippen LogP contribution is -2.39. The number of benzene rings is 2. The second kappa shape index (κ2) is 9.30. The largest absolute Gasteiger partial charge is 0.466 e. The SMILES string of the molecule is CCOC(=O)C1CCN(C2=NC(=O)C(=Cc3ccc(-c4ccccc4)cc3)S2)CC1. The number of hydrogen-bond donors (Lipinski definition) is 0. The van der Waals surface area contributed by atoms with E-state index in [1.165, 1.54) is 17.3 Å². The molecule has 0 radical (unpaired) electrons. The second-order valence-corrected chi connectivity index (χ2v) is 8.32. The van der Waals surface area contributed by atoms with E-state index < -0.39 is 0 Å². The Morgan fingerprint density at radius 1 is 1.10 bits per heavy atom. The van der Waals surface area contributed by atoms with Crippen molar-refractivity contribution in [2.45, 2.75) is 19.8 Å². The van der Waals surface area contributed by atoms with Gasteiger partial charge in [-0.05, 0) is 54.3 Å². The summed E-state index contributed by atoms with van der Waals surface area (Å²) >= 11 is 1.41. The summed E-state index contributed by atoms with van der Waals surface area (Å²) in [5.41, 5.74) is 3.28. The Labute approximate surface area is 180 Å². The highest BCUT2D eigenvalue weighted by atomic mass is 32.2. The number of piperidine rings is 1. The molecule has 4 rings (SSSR count). The van der Waals surface area contributed by atoms with Crippen molar-refractivity contribution < 1.29 is 14.3 Å². The molecule has 0 bridgehead atoms. The van der Waals surface area contributed by atoms with Crippen molar-refractivity contribution in [2.75, 3.05) is 19.7 Å². The summed E-state index contributed by atoms with van der Waals surface area (Å²) in [4.78, 5) is 31.3. The number of amidine groups is 1. The summed E-state index contributed by atoms with van der Waals surface area (Å²) < 4.78 is 5.12. The number of nitrogens with zero attached hydrogens (tertiary/aromatic N) is 2. The number of thioether (sulfide) groups is 1. The highest BCUT2D eigenvalue weighted by Gasteiger charge is 2.31. The monoisotopic (exact) mass is 420 g/mol. The quantitative estimate of drug-likeness (QED) is 0.534. The molecule has 2 aromatic carbocycles. The molecule has 1 saturated heterocycles. The van der Waals surface area contributed by atoms with Gasteiger partial charge in [-0.25, -0.2) is 0 Å². The van der Waals surface area contributed by atoms with Crippen molar-refractivity contribution in [3.05, 3.63) is 65.1 Å². The van der Waals surface area contributed by atoms with Crippen LogP contribution in [0.1, 0.15) is 25.3 Å². The molecule has 2 aliphatic rings. The van der Waals surface area contributed by atoms with Crippen LogP contribution < -0.4 is 0 Å². The molecule has 0 aliphatic carbocycles. The lowest BCUT2D eigenvalue weighted by molar-refractivity contribution is -0.149. The van der Waals surface area contributed by atoms with Gasteiger partial charge in [0.2, 0.25) is 0 Å². The highest BCUT2D eigenvalue weighted by molar-refractivity contribution is 8.18. The minimum Gasteiger partial charge on any atom is -0.466 e. The molecule has 2 heterocycles. The van der Waals surface area contributed by atoms with E-state index in [0.29, 0.717) is 24.6 Å². The molecule has 0 unspecified atom stereocenters. The zero-order chi connectivity index (χ0) is 20.9. The van der Waals surface area contributed by atoms with E-state index in [2.05, 4.69) is 34.2 Å². The van der Waals surface area contributed by atoms with Crippen LogP contribution in [0.5, 0.6) is 0 Å². The number of hydrogen-bond acceptors (Lipinski definition) is 5. The van der Waals surface area contributed by atoms with Gasteiger partial charge in [0.05, 0.1) is 17.4 Å². The van der Waals surface area contributed by atoms with Gasteiger partial charge in [0, 0.05) is 13.1 Å².